The summed E-state index contributed by atoms with van der Waals surface area (Å²) in [6.45, 7) is 0. The molecule has 1 rings (SSSR count). The van der Waals surface area contributed by atoms with E-state index >= 15 is 0 Å². The van der Waals surface area contributed by atoms with Gasteiger partial charge in [-0.3, -0.25) is 0 Å². The van der Waals surface area contributed by atoms with Crippen LogP contribution in [0.15, 0.2) is 23.5 Å². The Balaban J connectivity index is 3.22. The van der Waals surface area contributed by atoms with Gasteiger partial charge in [0, 0.05) is 15.6 Å². The maximum atomic E-state index is 12.3. The molecule has 0 N–H and O–H groups in total. The number of halogens is 4. The first-order valence-electron chi connectivity index (χ1n) is 3.08. The summed E-state index contributed by atoms with van der Waals surface area (Å²) >= 11 is 16.5. The van der Waals surface area contributed by atoms with Crippen LogP contribution in [0.25, 0.3) is 6.08 Å². The van der Waals surface area contributed by atoms with Crippen LogP contribution >= 0.6 is 34.8 Å². The van der Waals surface area contributed by atoms with E-state index in [0.29, 0.717) is 15.6 Å². The third-order valence-corrected chi connectivity index (χ3v) is 2.02. The van der Waals surface area contributed by atoms with E-state index in [-0.39, 0.29) is 0 Å². The molecule has 1 aromatic carbocycles. The van der Waals surface area contributed by atoms with E-state index in [4.69, 9.17) is 34.8 Å². The highest BCUT2D eigenvalue weighted by Gasteiger charge is 2.02. The van der Waals surface area contributed by atoms with Crippen molar-refractivity contribution in [1.82, 2.24) is 0 Å². The molecule has 0 amide bonds. The summed E-state index contributed by atoms with van der Waals surface area (Å²) in [6.07, 6.45) is 1.08. The number of hydrogen-bond donors (Lipinski definition) is 0. The Bertz CT molecular complexity index is 296. The molecule has 0 bridgehead atoms. The van der Waals surface area contributed by atoms with Crippen molar-refractivity contribution in [3.8, 4) is 0 Å². The van der Waals surface area contributed by atoms with Crippen molar-refractivity contribution in [2.24, 2.45) is 0 Å². The third kappa shape index (κ3) is 2.37. The molecule has 0 heterocycles. The lowest BCUT2D eigenvalue weighted by Gasteiger charge is -1.99. The zero-order chi connectivity index (χ0) is 9.14. The van der Waals surface area contributed by atoms with Gasteiger partial charge in [-0.25, -0.2) is 0 Å². The van der Waals surface area contributed by atoms with E-state index in [1.165, 1.54) is 0 Å². The molecule has 64 valence electrons. The first-order chi connectivity index (χ1) is 5.61. The first-order valence-corrected chi connectivity index (χ1v) is 4.21. The van der Waals surface area contributed by atoms with Gasteiger partial charge >= 0.3 is 0 Å². The summed E-state index contributed by atoms with van der Waals surface area (Å²) in [7, 11) is 0. The van der Waals surface area contributed by atoms with Gasteiger partial charge in [0.1, 0.15) is 0 Å². The molecular formula is C8H4Cl3F. The largest absolute Gasteiger partial charge is 0.194 e. The minimum Gasteiger partial charge on any atom is -0.194 e. The molecule has 0 fully saturated rings. The van der Waals surface area contributed by atoms with Crippen molar-refractivity contribution in [1.29, 1.82) is 0 Å². The zero-order valence-corrected chi connectivity index (χ0v) is 8.09. The van der Waals surface area contributed by atoms with Crippen LogP contribution in [-0.2, 0) is 0 Å². The number of benzene rings is 1. The highest BCUT2D eigenvalue weighted by atomic mass is 35.5. The molecule has 0 saturated carbocycles. The van der Waals surface area contributed by atoms with Gasteiger partial charge in [-0.1, -0.05) is 40.9 Å². The SMILES string of the molecule is F/C(Cl)=C\c1c(Cl)cccc1Cl. The predicted molar refractivity (Wildman–Crippen MR) is 51.4 cm³/mol. The minimum absolute atomic E-state index is 0.373. The van der Waals surface area contributed by atoms with Crippen LogP contribution in [-0.4, -0.2) is 0 Å². The van der Waals surface area contributed by atoms with E-state index in [1.54, 1.807) is 18.2 Å². The van der Waals surface area contributed by atoms with Gasteiger partial charge < -0.3 is 0 Å². The molecular weight excluding hydrogens is 221 g/mol. The molecule has 0 aliphatic carbocycles. The molecule has 0 nitrogen and oxygen atoms in total. The summed E-state index contributed by atoms with van der Waals surface area (Å²) in [6, 6.07) is 4.90. The molecule has 4 heteroatoms. The van der Waals surface area contributed by atoms with Crippen molar-refractivity contribution in [3.63, 3.8) is 0 Å². The highest BCUT2D eigenvalue weighted by Crippen LogP contribution is 2.27. The summed E-state index contributed by atoms with van der Waals surface area (Å²) in [5, 5.41) is -0.0957. The fourth-order valence-electron chi connectivity index (χ4n) is 0.758. The standard InChI is InChI=1S/C8H4Cl3F/c9-6-2-1-3-7(10)5(6)4-8(11)12/h1-4H/b8-4-. The molecule has 12 heavy (non-hydrogen) atoms. The van der Waals surface area contributed by atoms with Crippen LogP contribution in [0.3, 0.4) is 0 Å². The normalized spacial score (nSPS) is 11.8. The summed E-state index contributed by atoms with van der Waals surface area (Å²) in [4.78, 5) is 0. The first kappa shape index (κ1) is 9.85. The van der Waals surface area contributed by atoms with Gasteiger partial charge in [0.25, 0.3) is 0 Å². The lowest BCUT2D eigenvalue weighted by molar-refractivity contribution is 0.702. The van der Waals surface area contributed by atoms with Crippen LogP contribution in [0.5, 0.6) is 0 Å². The number of hydrogen-bond acceptors (Lipinski definition) is 0. The highest BCUT2D eigenvalue weighted by molar-refractivity contribution is 6.38. The molecule has 0 spiro atoms. The minimum atomic E-state index is -0.843. The summed E-state index contributed by atoms with van der Waals surface area (Å²) < 4.78 is 12.3. The van der Waals surface area contributed by atoms with Crippen LogP contribution in [0.2, 0.25) is 10.0 Å². The van der Waals surface area contributed by atoms with Gasteiger partial charge in [0.15, 0.2) is 5.29 Å². The smallest absolute Gasteiger partial charge is 0.189 e. The lowest BCUT2D eigenvalue weighted by atomic mass is 10.2. The van der Waals surface area contributed by atoms with Crippen LogP contribution in [0.1, 0.15) is 5.56 Å². The average molecular weight is 225 g/mol. The van der Waals surface area contributed by atoms with Gasteiger partial charge in [-0.05, 0) is 18.2 Å². The average Bonchev–Trinajstić information content (AvgIpc) is 1.97. The zero-order valence-electron chi connectivity index (χ0n) is 5.82. The molecule has 0 aliphatic heterocycles. The molecule has 1 aromatic rings. The van der Waals surface area contributed by atoms with E-state index in [1.807, 2.05) is 0 Å². The predicted octanol–water partition coefficient (Wildman–Crippen LogP) is 4.50. The fraction of sp³-hybridized carbons (Fsp3) is 0. The maximum Gasteiger partial charge on any atom is 0.189 e. The van der Waals surface area contributed by atoms with Crippen molar-refractivity contribution < 1.29 is 4.39 Å². The fourth-order valence-corrected chi connectivity index (χ4v) is 1.37. The maximum absolute atomic E-state index is 12.3. The molecule has 0 aromatic heterocycles. The van der Waals surface area contributed by atoms with Crippen molar-refractivity contribution in [2.45, 2.75) is 0 Å². The van der Waals surface area contributed by atoms with Crippen molar-refractivity contribution in [3.05, 3.63) is 39.1 Å². The van der Waals surface area contributed by atoms with E-state index < -0.39 is 5.29 Å². The van der Waals surface area contributed by atoms with E-state index in [0.717, 1.165) is 6.08 Å². The Kier molecular flexibility index (Phi) is 3.39. The molecule has 0 atom stereocenters. The Morgan fingerprint density at radius 1 is 1.25 bits per heavy atom. The van der Waals surface area contributed by atoms with Crippen molar-refractivity contribution >= 4 is 40.9 Å². The monoisotopic (exact) mass is 224 g/mol. The topological polar surface area (TPSA) is 0 Å². The Morgan fingerprint density at radius 3 is 2.17 bits per heavy atom. The lowest BCUT2D eigenvalue weighted by Crippen LogP contribution is -1.76. The second-order valence-electron chi connectivity index (χ2n) is 2.07. The van der Waals surface area contributed by atoms with Gasteiger partial charge in [0.05, 0.1) is 0 Å². The van der Waals surface area contributed by atoms with Crippen LogP contribution in [0.4, 0.5) is 4.39 Å². The second-order valence-corrected chi connectivity index (χ2v) is 3.24. The molecule has 0 unspecified atom stereocenters. The Hall–Kier alpha value is -0.240. The van der Waals surface area contributed by atoms with Gasteiger partial charge in [0.2, 0.25) is 0 Å². The molecule has 0 aliphatic rings. The Labute approximate surface area is 84.5 Å². The van der Waals surface area contributed by atoms with E-state index in [2.05, 4.69) is 0 Å². The van der Waals surface area contributed by atoms with Gasteiger partial charge in [-0.2, -0.15) is 4.39 Å². The second kappa shape index (κ2) is 4.13. The number of rotatable bonds is 1. The molecule has 0 saturated heterocycles. The Morgan fingerprint density at radius 2 is 1.75 bits per heavy atom. The van der Waals surface area contributed by atoms with Gasteiger partial charge in [-0.15, -0.1) is 0 Å². The third-order valence-electron chi connectivity index (χ3n) is 1.25. The quantitative estimate of drug-likeness (QED) is 0.660. The van der Waals surface area contributed by atoms with Crippen molar-refractivity contribution in [2.75, 3.05) is 0 Å². The summed E-state index contributed by atoms with van der Waals surface area (Å²) in [5.74, 6) is 0. The molecule has 0 radical (unpaired) electrons. The van der Waals surface area contributed by atoms with Crippen LogP contribution < -0.4 is 0 Å². The van der Waals surface area contributed by atoms with E-state index in [9.17, 15) is 4.39 Å². The van der Waals surface area contributed by atoms with Crippen LogP contribution in [0, 0.1) is 0 Å². The summed E-state index contributed by atoms with van der Waals surface area (Å²) in [5.41, 5.74) is 0.397.